The van der Waals surface area contributed by atoms with Crippen molar-refractivity contribution in [2.75, 3.05) is 5.32 Å². The Morgan fingerprint density at radius 1 is 1.04 bits per heavy atom. The molecular weight excluding hydrogens is 320 g/mol. The first-order valence-corrected chi connectivity index (χ1v) is 7.67. The predicted molar refractivity (Wildman–Crippen MR) is 94.7 cm³/mol. The highest BCUT2D eigenvalue weighted by Gasteiger charge is 2.14. The van der Waals surface area contributed by atoms with Crippen LogP contribution in [0.1, 0.15) is 21.7 Å². The van der Waals surface area contributed by atoms with Crippen LogP contribution in [0.4, 0.5) is 11.4 Å². The van der Waals surface area contributed by atoms with Crippen LogP contribution in [0.25, 0.3) is 11.3 Å². The SMILES string of the molecule is Cc1ccc(NC(=O)c2ccc(-c3ccc([N+](=O)[O-])cc3)o2)c(C)c1. The van der Waals surface area contributed by atoms with Crippen LogP contribution in [-0.4, -0.2) is 10.8 Å². The van der Waals surface area contributed by atoms with Crippen molar-refractivity contribution in [3.8, 4) is 11.3 Å². The van der Waals surface area contributed by atoms with Crippen molar-refractivity contribution in [3.63, 3.8) is 0 Å². The summed E-state index contributed by atoms with van der Waals surface area (Å²) in [6, 6.07) is 15.0. The number of anilines is 1. The summed E-state index contributed by atoms with van der Waals surface area (Å²) in [4.78, 5) is 22.6. The smallest absolute Gasteiger partial charge is 0.291 e. The highest BCUT2D eigenvalue weighted by molar-refractivity contribution is 6.03. The third kappa shape index (κ3) is 3.58. The third-order valence-corrected chi connectivity index (χ3v) is 3.82. The van der Waals surface area contributed by atoms with Gasteiger partial charge in [-0.1, -0.05) is 17.7 Å². The lowest BCUT2D eigenvalue weighted by atomic mass is 10.1. The number of carbonyl (C=O) groups excluding carboxylic acids is 1. The number of amides is 1. The zero-order chi connectivity index (χ0) is 18.0. The van der Waals surface area contributed by atoms with E-state index in [1.165, 1.54) is 12.1 Å². The fourth-order valence-corrected chi connectivity index (χ4v) is 2.50. The maximum absolute atomic E-state index is 12.3. The predicted octanol–water partition coefficient (Wildman–Crippen LogP) is 4.72. The molecule has 0 aliphatic heterocycles. The summed E-state index contributed by atoms with van der Waals surface area (Å²) in [6.07, 6.45) is 0. The van der Waals surface area contributed by atoms with Crippen molar-refractivity contribution in [1.82, 2.24) is 0 Å². The van der Waals surface area contributed by atoms with Gasteiger partial charge in [0.1, 0.15) is 5.76 Å². The number of rotatable bonds is 4. The first-order chi connectivity index (χ1) is 11.9. The second-order valence-electron chi connectivity index (χ2n) is 5.74. The van der Waals surface area contributed by atoms with Crippen LogP contribution in [-0.2, 0) is 0 Å². The van der Waals surface area contributed by atoms with E-state index < -0.39 is 4.92 Å². The van der Waals surface area contributed by atoms with E-state index in [9.17, 15) is 14.9 Å². The standard InChI is InChI=1S/C19H16N2O4/c1-12-3-8-16(13(2)11-12)20-19(22)18-10-9-17(25-18)14-4-6-15(7-5-14)21(23)24/h3-11H,1-2H3,(H,20,22). The van der Waals surface area contributed by atoms with Gasteiger partial charge in [0.2, 0.25) is 0 Å². The summed E-state index contributed by atoms with van der Waals surface area (Å²) in [6.45, 7) is 3.91. The van der Waals surface area contributed by atoms with Gasteiger partial charge in [-0.25, -0.2) is 0 Å². The van der Waals surface area contributed by atoms with Crippen molar-refractivity contribution in [2.24, 2.45) is 0 Å². The zero-order valence-corrected chi connectivity index (χ0v) is 13.8. The van der Waals surface area contributed by atoms with Crippen LogP contribution in [0.15, 0.2) is 59.0 Å². The number of non-ortho nitro benzene ring substituents is 1. The van der Waals surface area contributed by atoms with Gasteiger partial charge in [0, 0.05) is 23.4 Å². The lowest BCUT2D eigenvalue weighted by Crippen LogP contribution is -2.11. The Balaban J connectivity index is 1.78. The molecule has 3 rings (SSSR count). The molecule has 1 N–H and O–H groups in total. The quantitative estimate of drug-likeness (QED) is 0.551. The van der Waals surface area contributed by atoms with Gasteiger partial charge in [0.15, 0.2) is 5.76 Å². The topological polar surface area (TPSA) is 85.4 Å². The molecule has 1 amide bonds. The minimum Gasteiger partial charge on any atom is -0.451 e. The van der Waals surface area contributed by atoms with Crippen molar-refractivity contribution < 1.29 is 14.1 Å². The lowest BCUT2D eigenvalue weighted by molar-refractivity contribution is -0.384. The Kier molecular flexibility index (Phi) is 4.35. The van der Waals surface area contributed by atoms with Gasteiger partial charge < -0.3 is 9.73 Å². The first kappa shape index (κ1) is 16.4. The summed E-state index contributed by atoms with van der Waals surface area (Å²) in [7, 11) is 0. The van der Waals surface area contributed by atoms with Gasteiger partial charge in [-0.05, 0) is 49.7 Å². The van der Waals surface area contributed by atoms with Crippen LogP contribution in [0.5, 0.6) is 0 Å². The van der Waals surface area contributed by atoms with Crippen molar-refractivity contribution in [1.29, 1.82) is 0 Å². The molecule has 25 heavy (non-hydrogen) atoms. The molecule has 0 saturated heterocycles. The average Bonchev–Trinajstić information content (AvgIpc) is 3.07. The Hall–Kier alpha value is -3.41. The Morgan fingerprint density at radius 2 is 1.76 bits per heavy atom. The molecule has 0 unspecified atom stereocenters. The molecule has 0 fully saturated rings. The zero-order valence-electron chi connectivity index (χ0n) is 13.8. The average molecular weight is 336 g/mol. The minimum atomic E-state index is -0.464. The number of carbonyl (C=O) groups is 1. The molecule has 1 aromatic heterocycles. The number of benzene rings is 2. The third-order valence-electron chi connectivity index (χ3n) is 3.82. The largest absolute Gasteiger partial charge is 0.451 e. The molecule has 0 saturated carbocycles. The molecule has 0 bridgehead atoms. The second-order valence-corrected chi connectivity index (χ2v) is 5.74. The van der Waals surface area contributed by atoms with E-state index in [-0.39, 0.29) is 17.4 Å². The number of aryl methyl sites for hydroxylation is 2. The minimum absolute atomic E-state index is 0.00289. The molecule has 0 radical (unpaired) electrons. The molecule has 0 aliphatic rings. The van der Waals surface area contributed by atoms with Crippen LogP contribution in [0.2, 0.25) is 0 Å². The molecule has 3 aromatic rings. The van der Waals surface area contributed by atoms with Crippen molar-refractivity contribution in [3.05, 3.63) is 81.6 Å². The summed E-state index contributed by atoms with van der Waals surface area (Å²) >= 11 is 0. The Bertz CT molecular complexity index is 942. The first-order valence-electron chi connectivity index (χ1n) is 7.67. The molecular formula is C19H16N2O4. The van der Waals surface area contributed by atoms with E-state index in [1.807, 2.05) is 32.0 Å². The molecule has 1 heterocycles. The maximum Gasteiger partial charge on any atom is 0.291 e. The number of nitrogens with one attached hydrogen (secondary N) is 1. The van der Waals surface area contributed by atoms with E-state index in [4.69, 9.17) is 4.42 Å². The molecule has 6 nitrogen and oxygen atoms in total. The maximum atomic E-state index is 12.3. The van der Waals surface area contributed by atoms with Crippen molar-refractivity contribution in [2.45, 2.75) is 13.8 Å². The van der Waals surface area contributed by atoms with E-state index in [2.05, 4.69) is 5.32 Å². The van der Waals surface area contributed by atoms with Gasteiger partial charge in [-0.2, -0.15) is 0 Å². The molecule has 0 spiro atoms. The Labute approximate surface area is 144 Å². The van der Waals surface area contributed by atoms with Gasteiger partial charge in [-0.3, -0.25) is 14.9 Å². The summed E-state index contributed by atoms with van der Waals surface area (Å²) in [5.74, 6) is 0.300. The summed E-state index contributed by atoms with van der Waals surface area (Å²) < 4.78 is 5.59. The second kappa shape index (κ2) is 6.60. The highest BCUT2D eigenvalue weighted by atomic mass is 16.6. The van der Waals surface area contributed by atoms with Gasteiger partial charge in [-0.15, -0.1) is 0 Å². The molecule has 0 aliphatic carbocycles. The number of nitro benzene ring substituents is 1. The normalized spacial score (nSPS) is 10.5. The number of furan rings is 1. The van der Waals surface area contributed by atoms with Crippen LogP contribution in [0, 0.1) is 24.0 Å². The van der Waals surface area contributed by atoms with Crippen molar-refractivity contribution >= 4 is 17.3 Å². The van der Waals surface area contributed by atoms with Crippen LogP contribution < -0.4 is 5.32 Å². The fraction of sp³-hybridized carbons (Fsp3) is 0.105. The van der Waals surface area contributed by atoms with Gasteiger partial charge in [0.25, 0.3) is 11.6 Å². The molecule has 6 heteroatoms. The molecule has 0 atom stereocenters. The van der Waals surface area contributed by atoms with E-state index in [0.717, 1.165) is 16.8 Å². The number of hydrogen-bond donors (Lipinski definition) is 1. The van der Waals surface area contributed by atoms with E-state index >= 15 is 0 Å². The number of hydrogen-bond acceptors (Lipinski definition) is 4. The fourth-order valence-electron chi connectivity index (χ4n) is 2.50. The van der Waals surface area contributed by atoms with Crippen LogP contribution in [0.3, 0.4) is 0 Å². The monoisotopic (exact) mass is 336 g/mol. The summed E-state index contributed by atoms with van der Waals surface area (Å²) in [5.41, 5.74) is 3.48. The molecule has 2 aromatic carbocycles. The number of nitro groups is 1. The Morgan fingerprint density at radius 3 is 2.40 bits per heavy atom. The van der Waals surface area contributed by atoms with Crippen LogP contribution >= 0.6 is 0 Å². The summed E-state index contributed by atoms with van der Waals surface area (Å²) in [5, 5.41) is 13.5. The van der Waals surface area contributed by atoms with E-state index in [0.29, 0.717) is 11.3 Å². The van der Waals surface area contributed by atoms with Gasteiger partial charge >= 0.3 is 0 Å². The lowest BCUT2D eigenvalue weighted by Gasteiger charge is -2.07. The van der Waals surface area contributed by atoms with Gasteiger partial charge in [0.05, 0.1) is 4.92 Å². The molecule has 126 valence electrons. The highest BCUT2D eigenvalue weighted by Crippen LogP contribution is 2.25. The number of nitrogens with zero attached hydrogens (tertiary/aromatic N) is 1. The van der Waals surface area contributed by atoms with E-state index in [1.54, 1.807) is 24.3 Å².